The number of esters is 1. The largest absolute Gasteiger partial charge is 0.462 e. The Morgan fingerprint density at radius 3 is 2.19 bits per heavy atom. The molecule has 2 nitrogen and oxygen atoms in total. The van der Waals surface area contributed by atoms with E-state index < -0.39 is 0 Å². The summed E-state index contributed by atoms with van der Waals surface area (Å²) >= 11 is 0. The highest BCUT2D eigenvalue weighted by atomic mass is 16.5. The van der Waals surface area contributed by atoms with Gasteiger partial charge in [-0.1, -0.05) is 126 Å². The average Bonchev–Trinajstić information content (AvgIpc) is 2.82. The summed E-state index contributed by atoms with van der Waals surface area (Å²) in [6.07, 6.45) is 13.2. The van der Waals surface area contributed by atoms with E-state index in [1.54, 1.807) is 0 Å². The van der Waals surface area contributed by atoms with E-state index >= 15 is 0 Å². The second-order valence-electron chi connectivity index (χ2n) is 7.16. The zero-order chi connectivity index (χ0) is 22.9. The summed E-state index contributed by atoms with van der Waals surface area (Å²) in [6, 6.07) is 16.4. The van der Waals surface area contributed by atoms with Gasteiger partial charge in [-0.2, -0.15) is 0 Å². The van der Waals surface area contributed by atoms with E-state index in [9.17, 15) is 4.79 Å². The summed E-state index contributed by atoms with van der Waals surface area (Å²) in [5, 5.41) is 0. The van der Waals surface area contributed by atoms with Gasteiger partial charge in [0.25, 0.3) is 0 Å². The first-order valence-electron chi connectivity index (χ1n) is 11.0. The molecule has 164 valence electrons. The summed E-state index contributed by atoms with van der Waals surface area (Å²) in [5.41, 5.74) is 5.15. The minimum absolute atomic E-state index is 0.237. The van der Waals surface area contributed by atoms with Crippen LogP contribution in [0.4, 0.5) is 0 Å². The van der Waals surface area contributed by atoms with Gasteiger partial charge in [-0.25, -0.2) is 4.79 Å². The highest BCUT2D eigenvalue weighted by Crippen LogP contribution is 2.20. The molecule has 2 rings (SSSR count). The maximum absolute atomic E-state index is 11.1. The van der Waals surface area contributed by atoms with Crippen LogP contribution in [-0.2, 0) is 9.53 Å². The van der Waals surface area contributed by atoms with E-state index in [0.717, 1.165) is 29.5 Å². The Hall–Kier alpha value is -3.13. The van der Waals surface area contributed by atoms with Crippen molar-refractivity contribution in [3.63, 3.8) is 0 Å². The molecule has 0 aromatic heterocycles. The Balaban J connectivity index is 0.000000330. The molecule has 2 heteroatoms. The lowest BCUT2D eigenvalue weighted by molar-refractivity contribution is -0.139. The lowest BCUT2D eigenvalue weighted by Crippen LogP contribution is -2.07. The van der Waals surface area contributed by atoms with Crippen LogP contribution in [0.2, 0.25) is 0 Å². The Morgan fingerprint density at radius 1 is 0.871 bits per heavy atom. The molecule has 0 saturated heterocycles. The van der Waals surface area contributed by atoms with Crippen molar-refractivity contribution in [2.24, 2.45) is 0 Å². The van der Waals surface area contributed by atoms with Gasteiger partial charge in [-0.3, -0.25) is 0 Å². The third-order valence-electron chi connectivity index (χ3n) is 4.80. The van der Waals surface area contributed by atoms with Crippen LogP contribution in [-0.4, -0.2) is 12.6 Å². The molecule has 0 heterocycles. The van der Waals surface area contributed by atoms with Gasteiger partial charge in [0.1, 0.15) is 0 Å². The Morgan fingerprint density at radius 2 is 1.58 bits per heavy atom. The van der Waals surface area contributed by atoms with Gasteiger partial charge in [0.15, 0.2) is 0 Å². The van der Waals surface area contributed by atoms with Crippen molar-refractivity contribution in [3.05, 3.63) is 96.1 Å². The van der Waals surface area contributed by atoms with Crippen molar-refractivity contribution < 1.29 is 9.53 Å². The maximum Gasteiger partial charge on any atom is 0.333 e. The zero-order valence-electron chi connectivity index (χ0n) is 19.1. The SMILES string of the molecule is C=C(CC)C(=O)OCCCCCC.C=Cc1cccc(C=Cc2ccccc2)c1C=C. The van der Waals surface area contributed by atoms with Crippen molar-refractivity contribution >= 4 is 30.3 Å². The highest BCUT2D eigenvalue weighted by Gasteiger charge is 2.04. The number of carbonyl (C=O) groups is 1. The molecule has 0 unspecified atom stereocenters. The molecular weight excluding hydrogens is 380 g/mol. The number of hydrogen-bond donors (Lipinski definition) is 0. The number of unbranched alkanes of at least 4 members (excludes halogenated alkanes) is 3. The number of rotatable bonds is 11. The van der Waals surface area contributed by atoms with E-state index in [1.807, 2.05) is 49.4 Å². The predicted molar refractivity (Wildman–Crippen MR) is 137 cm³/mol. The van der Waals surface area contributed by atoms with Gasteiger partial charge in [0, 0.05) is 5.57 Å². The number of ether oxygens (including phenoxy) is 1. The molecule has 0 aliphatic carbocycles. The van der Waals surface area contributed by atoms with Crippen LogP contribution in [0.3, 0.4) is 0 Å². The van der Waals surface area contributed by atoms with Crippen molar-refractivity contribution in [1.29, 1.82) is 0 Å². The van der Waals surface area contributed by atoms with E-state index in [-0.39, 0.29) is 5.97 Å². The van der Waals surface area contributed by atoms with Gasteiger partial charge in [0.2, 0.25) is 0 Å². The van der Waals surface area contributed by atoms with Gasteiger partial charge in [0.05, 0.1) is 6.61 Å². The van der Waals surface area contributed by atoms with Crippen LogP contribution in [0.25, 0.3) is 24.3 Å². The lowest BCUT2D eigenvalue weighted by atomic mass is 10.00. The highest BCUT2D eigenvalue weighted by molar-refractivity contribution is 5.87. The third kappa shape index (κ3) is 9.95. The van der Waals surface area contributed by atoms with Gasteiger partial charge in [-0.05, 0) is 35.1 Å². The Labute approximate surface area is 188 Å². The number of hydrogen-bond acceptors (Lipinski definition) is 2. The topological polar surface area (TPSA) is 26.3 Å². The first kappa shape index (κ1) is 25.9. The molecule has 0 fully saturated rings. The molecule has 0 spiro atoms. The third-order valence-corrected chi connectivity index (χ3v) is 4.80. The summed E-state index contributed by atoms with van der Waals surface area (Å²) < 4.78 is 5.00. The molecule has 0 bridgehead atoms. The van der Waals surface area contributed by atoms with Crippen molar-refractivity contribution in [3.8, 4) is 0 Å². The number of benzene rings is 2. The molecule has 2 aromatic carbocycles. The molecule has 0 saturated carbocycles. The van der Waals surface area contributed by atoms with Crippen LogP contribution >= 0.6 is 0 Å². The fourth-order valence-electron chi connectivity index (χ4n) is 2.85. The normalized spacial score (nSPS) is 10.1. The molecule has 0 N–H and O–H groups in total. The average molecular weight is 417 g/mol. The minimum atomic E-state index is -0.237. The van der Waals surface area contributed by atoms with E-state index in [0.29, 0.717) is 18.6 Å². The van der Waals surface area contributed by atoms with Crippen LogP contribution in [0.5, 0.6) is 0 Å². The smallest absolute Gasteiger partial charge is 0.333 e. The standard InChI is InChI=1S/C18H16.C11H20O2/c1-3-16-11-8-12-17(18(16)4-2)14-13-15-9-6-5-7-10-15;1-4-6-7-8-9-13-11(12)10(3)5-2/h3-14H,1-2H2;3-9H2,1-2H3. The molecule has 0 radical (unpaired) electrons. The predicted octanol–water partition coefficient (Wildman–Crippen LogP) is 8.22. The zero-order valence-corrected chi connectivity index (χ0v) is 19.1. The quantitative estimate of drug-likeness (QED) is 0.160. The fourth-order valence-corrected chi connectivity index (χ4v) is 2.85. The molecule has 0 amide bonds. The second kappa shape index (κ2) is 15.7. The maximum atomic E-state index is 11.1. The van der Waals surface area contributed by atoms with Crippen molar-refractivity contribution in [2.45, 2.75) is 46.0 Å². The van der Waals surface area contributed by atoms with Crippen molar-refractivity contribution in [2.75, 3.05) is 6.61 Å². The number of carbonyl (C=O) groups excluding carboxylic acids is 1. The Kier molecular flexibility index (Phi) is 13.1. The summed E-state index contributed by atoms with van der Waals surface area (Å²) in [4.78, 5) is 11.1. The molecule has 0 aliphatic heterocycles. The van der Waals surface area contributed by atoms with E-state index in [4.69, 9.17) is 4.74 Å². The van der Waals surface area contributed by atoms with E-state index in [1.165, 1.54) is 18.4 Å². The Bertz CT molecular complexity index is 860. The molecule has 2 aromatic rings. The van der Waals surface area contributed by atoms with Crippen LogP contribution in [0, 0.1) is 0 Å². The van der Waals surface area contributed by atoms with Crippen LogP contribution in [0.15, 0.2) is 73.8 Å². The van der Waals surface area contributed by atoms with Crippen molar-refractivity contribution in [1.82, 2.24) is 0 Å². The lowest BCUT2D eigenvalue weighted by Gasteiger charge is -2.05. The monoisotopic (exact) mass is 416 g/mol. The summed E-state index contributed by atoms with van der Waals surface area (Å²) in [5.74, 6) is -0.237. The minimum Gasteiger partial charge on any atom is -0.462 e. The van der Waals surface area contributed by atoms with Gasteiger partial charge in [-0.15, -0.1) is 0 Å². The second-order valence-corrected chi connectivity index (χ2v) is 7.16. The first-order valence-corrected chi connectivity index (χ1v) is 11.0. The summed E-state index contributed by atoms with van der Waals surface area (Å²) in [7, 11) is 0. The molecule has 31 heavy (non-hydrogen) atoms. The van der Waals surface area contributed by atoms with E-state index in [2.05, 4.69) is 57.0 Å². The molecule has 0 atom stereocenters. The fraction of sp³-hybridized carbons (Fsp3) is 0.276. The van der Waals surface area contributed by atoms with Gasteiger partial charge >= 0.3 is 5.97 Å². The van der Waals surface area contributed by atoms with Crippen LogP contribution in [0.1, 0.15) is 68.2 Å². The summed E-state index contributed by atoms with van der Waals surface area (Å²) in [6.45, 7) is 15.9. The first-order chi connectivity index (χ1) is 15.1. The van der Waals surface area contributed by atoms with Crippen LogP contribution < -0.4 is 0 Å². The van der Waals surface area contributed by atoms with Gasteiger partial charge < -0.3 is 4.74 Å². The molecule has 0 aliphatic rings. The molecular formula is C29H36O2.